The smallest absolute Gasteiger partial charge is 0.272 e. The van der Waals surface area contributed by atoms with Crippen LogP contribution >= 0.6 is 0 Å². The van der Waals surface area contributed by atoms with Gasteiger partial charge in [0.05, 0.1) is 7.11 Å². The Labute approximate surface area is 161 Å². The summed E-state index contributed by atoms with van der Waals surface area (Å²) in [5.41, 5.74) is 2.60. The van der Waals surface area contributed by atoms with Crippen molar-refractivity contribution < 1.29 is 9.53 Å². The molecule has 1 N–H and O–H groups in total. The fraction of sp³-hybridized carbons (Fsp3) is 0.429. The molecule has 1 amide bonds. The van der Waals surface area contributed by atoms with Crippen molar-refractivity contribution in [2.24, 2.45) is 5.92 Å². The fourth-order valence-corrected chi connectivity index (χ4v) is 3.10. The Morgan fingerprint density at radius 2 is 1.85 bits per heavy atom. The molecule has 144 valence electrons. The van der Waals surface area contributed by atoms with Gasteiger partial charge < -0.3 is 19.9 Å². The number of ether oxygens (including phenoxy) is 1. The monoisotopic (exact) mass is 368 g/mol. The van der Waals surface area contributed by atoms with Crippen molar-refractivity contribution in [3.63, 3.8) is 0 Å². The number of benzene rings is 1. The Morgan fingerprint density at radius 3 is 2.48 bits per heavy atom. The number of nitrogens with zero attached hydrogens (tertiary/aromatic N) is 3. The number of pyridine rings is 1. The van der Waals surface area contributed by atoms with Crippen LogP contribution in [0.3, 0.4) is 0 Å². The molecule has 0 radical (unpaired) electrons. The molecule has 3 rings (SSSR count). The van der Waals surface area contributed by atoms with Crippen LogP contribution < -0.4 is 15.0 Å². The highest BCUT2D eigenvalue weighted by atomic mass is 16.5. The Morgan fingerprint density at radius 1 is 1.15 bits per heavy atom. The van der Waals surface area contributed by atoms with Gasteiger partial charge in [0.1, 0.15) is 11.4 Å². The maximum absolute atomic E-state index is 12.8. The number of methoxy groups -OCH3 is 1. The lowest BCUT2D eigenvalue weighted by Gasteiger charge is -2.36. The van der Waals surface area contributed by atoms with Gasteiger partial charge >= 0.3 is 0 Å². The number of anilines is 2. The van der Waals surface area contributed by atoms with E-state index < -0.39 is 0 Å². The maximum atomic E-state index is 12.8. The third-order valence-electron chi connectivity index (χ3n) is 4.70. The third-order valence-corrected chi connectivity index (χ3v) is 4.70. The van der Waals surface area contributed by atoms with Crippen molar-refractivity contribution in [1.29, 1.82) is 0 Å². The number of amides is 1. The SMILES string of the molecule is COc1ccc(N2CCN(C(=O)c3cc(NCC(C)C)ccn3)CC2)cc1. The molecular weight excluding hydrogens is 340 g/mol. The van der Waals surface area contributed by atoms with Gasteiger partial charge in [-0.15, -0.1) is 0 Å². The molecule has 1 aliphatic heterocycles. The van der Waals surface area contributed by atoms with Crippen LogP contribution in [0.4, 0.5) is 11.4 Å². The lowest BCUT2D eigenvalue weighted by molar-refractivity contribution is 0.0741. The van der Waals surface area contributed by atoms with Crippen molar-refractivity contribution in [2.75, 3.05) is 50.1 Å². The molecule has 1 fully saturated rings. The van der Waals surface area contributed by atoms with Gasteiger partial charge in [-0.3, -0.25) is 9.78 Å². The van der Waals surface area contributed by atoms with Crippen LogP contribution in [-0.4, -0.2) is 55.6 Å². The Bertz CT molecular complexity index is 753. The quantitative estimate of drug-likeness (QED) is 0.849. The van der Waals surface area contributed by atoms with Crippen LogP contribution in [-0.2, 0) is 0 Å². The number of piperazine rings is 1. The zero-order valence-corrected chi connectivity index (χ0v) is 16.3. The number of hydrogen-bond donors (Lipinski definition) is 1. The highest BCUT2D eigenvalue weighted by Gasteiger charge is 2.23. The van der Waals surface area contributed by atoms with Crippen LogP contribution in [0.5, 0.6) is 5.75 Å². The van der Waals surface area contributed by atoms with Gasteiger partial charge in [-0.05, 0) is 42.3 Å². The number of hydrogen-bond acceptors (Lipinski definition) is 5. The van der Waals surface area contributed by atoms with Gasteiger partial charge in [0.25, 0.3) is 5.91 Å². The maximum Gasteiger partial charge on any atom is 0.272 e. The molecule has 0 bridgehead atoms. The molecule has 0 spiro atoms. The second-order valence-corrected chi connectivity index (χ2v) is 7.18. The summed E-state index contributed by atoms with van der Waals surface area (Å²) < 4.78 is 5.21. The van der Waals surface area contributed by atoms with Crippen molar-refractivity contribution in [1.82, 2.24) is 9.88 Å². The van der Waals surface area contributed by atoms with Crippen LogP contribution in [0, 0.1) is 5.92 Å². The van der Waals surface area contributed by atoms with E-state index in [0.717, 1.165) is 36.8 Å². The van der Waals surface area contributed by atoms with Gasteiger partial charge in [0.2, 0.25) is 0 Å². The molecule has 27 heavy (non-hydrogen) atoms. The summed E-state index contributed by atoms with van der Waals surface area (Å²) >= 11 is 0. The van der Waals surface area contributed by atoms with Crippen molar-refractivity contribution in [2.45, 2.75) is 13.8 Å². The number of carbonyl (C=O) groups is 1. The number of rotatable bonds is 6. The molecule has 1 saturated heterocycles. The second-order valence-electron chi connectivity index (χ2n) is 7.18. The molecule has 0 aliphatic carbocycles. The van der Waals surface area contributed by atoms with E-state index in [4.69, 9.17) is 4.74 Å². The highest BCUT2D eigenvalue weighted by Crippen LogP contribution is 2.21. The molecule has 2 heterocycles. The number of aromatic nitrogens is 1. The van der Waals surface area contributed by atoms with Crippen LogP contribution in [0.25, 0.3) is 0 Å². The van der Waals surface area contributed by atoms with E-state index in [9.17, 15) is 4.79 Å². The van der Waals surface area contributed by atoms with E-state index >= 15 is 0 Å². The predicted molar refractivity (Wildman–Crippen MR) is 109 cm³/mol. The average molecular weight is 368 g/mol. The van der Waals surface area contributed by atoms with E-state index in [-0.39, 0.29) is 5.91 Å². The van der Waals surface area contributed by atoms with Crippen LogP contribution in [0.1, 0.15) is 24.3 Å². The van der Waals surface area contributed by atoms with Gasteiger partial charge in [0.15, 0.2) is 0 Å². The van der Waals surface area contributed by atoms with Gasteiger partial charge in [0, 0.05) is 50.3 Å². The second kappa shape index (κ2) is 8.75. The van der Waals surface area contributed by atoms with Gasteiger partial charge in [-0.2, -0.15) is 0 Å². The molecule has 0 unspecified atom stereocenters. The number of nitrogens with one attached hydrogen (secondary N) is 1. The zero-order chi connectivity index (χ0) is 19.2. The summed E-state index contributed by atoms with van der Waals surface area (Å²) in [6, 6.07) is 11.8. The normalized spacial score (nSPS) is 14.4. The minimum Gasteiger partial charge on any atom is -0.497 e. The standard InChI is InChI=1S/C21H28N4O2/c1-16(2)15-23-17-8-9-22-20(14-17)21(26)25-12-10-24(11-13-25)18-4-6-19(27-3)7-5-18/h4-9,14,16H,10-13,15H2,1-3H3,(H,22,23). The summed E-state index contributed by atoms with van der Waals surface area (Å²) in [5, 5.41) is 3.35. The third kappa shape index (κ3) is 4.90. The van der Waals surface area contributed by atoms with E-state index in [0.29, 0.717) is 24.7 Å². The summed E-state index contributed by atoms with van der Waals surface area (Å²) in [5.74, 6) is 1.39. The van der Waals surface area contributed by atoms with Crippen molar-refractivity contribution in [3.8, 4) is 5.75 Å². The molecule has 6 heteroatoms. The fourth-order valence-electron chi connectivity index (χ4n) is 3.10. The Balaban J connectivity index is 1.58. The minimum absolute atomic E-state index is 0.00224. The molecule has 1 aromatic heterocycles. The first-order valence-corrected chi connectivity index (χ1v) is 9.45. The van der Waals surface area contributed by atoms with E-state index in [1.807, 2.05) is 29.2 Å². The minimum atomic E-state index is -0.00224. The van der Waals surface area contributed by atoms with Gasteiger partial charge in [-0.25, -0.2) is 0 Å². The highest BCUT2D eigenvalue weighted by molar-refractivity contribution is 5.93. The van der Waals surface area contributed by atoms with E-state index in [2.05, 4.69) is 41.2 Å². The zero-order valence-electron chi connectivity index (χ0n) is 16.3. The lowest BCUT2D eigenvalue weighted by atomic mass is 10.2. The topological polar surface area (TPSA) is 57.7 Å². The molecular formula is C21H28N4O2. The van der Waals surface area contributed by atoms with Crippen molar-refractivity contribution >= 4 is 17.3 Å². The van der Waals surface area contributed by atoms with Crippen LogP contribution in [0.15, 0.2) is 42.6 Å². The predicted octanol–water partition coefficient (Wildman–Crippen LogP) is 3.12. The molecule has 6 nitrogen and oxygen atoms in total. The molecule has 0 saturated carbocycles. The Hall–Kier alpha value is -2.76. The Kier molecular flexibility index (Phi) is 6.16. The molecule has 2 aromatic rings. The molecule has 1 aromatic carbocycles. The number of carbonyl (C=O) groups excluding carboxylic acids is 1. The van der Waals surface area contributed by atoms with E-state index in [1.165, 1.54) is 0 Å². The first kappa shape index (κ1) is 19.0. The first-order valence-electron chi connectivity index (χ1n) is 9.45. The summed E-state index contributed by atoms with van der Waals surface area (Å²) in [7, 11) is 1.67. The summed E-state index contributed by atoms with van der Waals surface area (Å²) in [6.07, 6.45) is 1.70. The first-order chi connectivity index (χ1) is 13.1. The largest absolute Gasteiger partial charge is 0.497 e. The molecule has 1 aliphatic rings. The van der Waals surface area contributed by atoms with Crippen molar-refractivity contribution in [3.05, 3.63) is 48.3 Å². The van der Waals surface area contributed by atoms with Crippen LogP contribution in [0.2, 0.25) is 0 Å². The van der Waals surface area contributed by atoms with E-state index in [1.54, 1.807) is 13.3 Å². The summed E-state index contributed by atoms with van der Waals surface area (Å²) in [4.78, 5) is 21.3. The average Bonchev–Trinajstić information content (AvgIpc) is 2.72. The summed E-state index contributed by atoms with van der Waals surface area (Å²) in [6.45, 7) is 8.18. The lowest BCUT2D eigenvalue weighted by Crippen LogP contribution is -2.49. The molecule has 0 atom stereocenters. The van der Waals surface area contributed by atoms with Gasteiger partial charge in [-0.1, -0.05) is 13.8 Å².